The van der Waals surface area contributed by atoms with Crippen LogP contribution in [0.3, 0.4) is 0 Å². The van der Waals surface area contributed by atoms with Gasteiger partial charge in [0.1, 0.15) is 0 Å². The minimum atomic E-state index is 0.0278. The smallest absolute Gasteiger partial charge is 0.0817 e. The van der Waals surface area contributed by atoms with Crippen molar-refractivity contribution in [1.82, 2.24) is 0 Å². The molecule has 7 heavy (non-hydrogen) atoms. The Bertz CT molecular complexity index is 80.1. The molecule has 1 aliphatic rings. The van der Waals surface area contributed by atoms with Gasteiger partial charge in [-0.2, -0.15) is 0 Å². The third-order valence-corrected chi connectivity index (χ3v) is 1.72. The van der Waals surface area contributed by atoms with Crippen molar-refractivity contribution in [1.29, 1.82) is 0 Å². The van der Waals surface area contributed by atoms with Gasteiger partial charge in [0.15, 0.2) is 0 Å². The third-order valence-electron chi connectivity index (χ3n) is 1.72. The zero-order valence-corrected chi connectivity index (χ0v) is 4.77. The lowest BCUT2D eigenvalue weighted by molar-refractivity contribution is 0.0917. The second-order valence-electron chi connectivity index (χ2n) is 2.33. The minimum Gasteiger partial charge on any atom is -0.377 e. The molecule has 0 aromatic rings. The number of hydrogen-bond donors (Lipinski definition) is 1. The first-order valence-corrected chi connectivity index (χ1v) is 2.50. The van der Waals surface area contributed by atoms with Gasteiger partial charge in [-0.3, -0.25) is 0 Å². The predicted molar refractivity (Wildman–Crippen MR) is 28.0 cm³/mol. The van der Waals surface area contributed by atoms with Crippen LogP contribution in [0.1, 0.15) is 13.3 Å². The van der Waals surface area contributed by atoms with Crippen molar-refractivity contribution in [3.05, 3.63) is 0 Å². The van der Waals surface area contributed by atoms with E-state index in [4.69, 9.17) is 10.5 Å². The van der Waals surface area contributed by atoms with Gasteiger partial charge in [0.05, 0.1) is 5.60 Å². The Labute approximate surface area is 43.6 Å². The average Bonchev–Trinajstić information content (AvgIpc) is 2.18. The van der Waals surface area contributed by atoms with Crippen LogP contribution in [0.5, 0.6) is 0 Å². The molecule has 2 heteroatoms. The van der Waals surface area contributed by atoms with Crippen LogP contribution in [-0.2, 0) is 4.74 Å². The Kier molecular flexibility index (Phi) is 0.869. The third kappa shape index (κ3) is 0.640. The number of nitrogens with two attached hydrogens (primary N) is 1. The Morgan fingerprint density at radius 2 is 2.29 bits per heavy atom. The highest BCUT2D eigenvalue weighted by Crippen LogP contribution is 2.36. The average molecular weight is 101 g/mol. The van der Waals surface area contributed by atoms with Gasteiger partial charge in [0.2, 0.25) is 0 Å². The number of methoxy groups -OCH3 is 1. The number of hydrogen-bond acceptors (Lipinski definition) is 2. The zero-order chi connectivity index (χ0) is 5.49. The van der Waals surface area contributed by atoms with Gasteiger partial charge in [-0.15, -0.1) is 0 Å². The maximum Gasteiger partial charge on any atom is 0.0817 e. The molecule has 2 nitrogen and oxygen atoms in total. The molecule has 0 heterocycles. The van der Waals surface area contributed by atoms with Crippen molar-refractivity contribution in [2.75, 3.05) is 7.11 Å². The Hall–Kier alpha value is -0.0800. The van der Waals surface area contributed by atoms with Gasteiger partial charge >= 0.3 is 0 Å². The quantitative estimate of drug-likeness (QED) is 0.509. The molecule has 0 aromatic heterocycles. The second kappa shape index (κ2) is 1.20. The molecule has 0 unspecified atom stereocenters. The van der Waals surface area contributed by atoms with E-state index >= 15 is 0 Å². The molecular weight excluding hydrogens is 90.1 g/mol. The van der Waals surface area contributed by atoms with Crippen LogP contribution < -0.4 is 5.73 Å². The van der Waals surface area contributed by atoms with E-state index in [9.17, 15) is 0 Å². The van der Waals surface area contributed by atoms with Crippen LogP contribution in [0.2, 0.25) is 0 Å². The summed E-state index contributed by atoms with van der Waals surface area (Å²) in [7, 11) is 1.70. The highest BCUT2D eigenvalue weighted by Gasteiger charge is 2.47. The van der Waals surface area contributed by atoms with E-state index in [2.05, 4.69) is 0 Å². The Morgan fingerprint density at radius 1 is 1.86 bits per heavy atom. The summed E-state index contributed by atoms with van der Waals surface area (Å²) >= 11 is 0. The van der Waals surface area contributed by atoms with Gasteiger partial charge in [-0.1, -0.05) is 0 Å². The van der Waals surface area contributed by atoms with Crippen molar-refractivity contribution < 1.29 is 4.74 Å². The fourth-order valence-electron chi connectivity index (χ4n) is 0.612. The highest BCUT2D eigenvalue weighted by molar-refractivity contribution is 5.05. The van der Waals surface area contributed by atoms with Crippen molar-refractivity contribution in [2.24, 2.45) is 5.73 Å². The van der Waals surface area contributed by atoms with E-state index in [-0.39, 0.29) is 11.6 Å². The van der Waals surface area contributed by atoms with Gasteiger partial charge in [-0.05, 0) is 13.3 Å². The second-order valence-corrected chi connectivity index (χ2v) is 2.33. The van der Waals surface area contributed by atoms with Gasteiger partial charge in [-0.25, -0.2) is 0 Å². The van der Waals surface area contributed by atoms with Crippen LogP contribution in [0.4, 0.5) is 0 Å². The molecule has 1 aliphatic carbocycles. The number of rotatable bonds is 1. The van der Waals surface area contributed by atoms with Crippen LogP contribution in [0, 0.1) is 0 Å². The molecule has 42 valence electrons. The number of ether oxygens (including phenoxy) is 1. The Balaban J connectivity index is 2.36. The first-order valence-electron chi connectivity index (χ1n) is 2.50. The fraction of sp³-hybridized carbons (Fsp3) is 1.00. The molecule has 1 fully saturated rings. The van der Waals surface area contributed by atoms with Crippen LogP contribution in [-0.4, -0.2) is 18.8 Å². The van der Waals surface area contributed by atoms with E-state index in [1.54, 1.807) is 7.11 Å². The maximum atomic E-state index is 5.49. The first kappa shape index (κ1) is 5.06. The van der Waals surface area contributed by atoms with Gasteiger partial charge in [0.25, 0.3) is 0 Å². The van der Waals surface area contributed by atoms with E-state index in [1.165, 1.54) is 0 Å². The molecule has 2 atom stereocenters. The molecule has 0 bridgehead atoms. The fourth-order valence-corrected chi connectivity index (χ4v) is 0.612. The molecule has 0 aromatic carbocycles. The SMILES string of the molecule is CO[C@]1(C)C[C@@H]1N. The van der Waals surface area contributed by atoms with Crippen molar-refractivity contribution >= 4 is 0 Å². The summed E-state index contributed by atoms with van der Waals surface area (Å²) in [6, 6.07) is 0.289. The molecule has 1 rings (SSSR count). The van der Waals surface area contributed by atoms with E-state index in [1.807, 2.05) is 6.92 Å². The predicted octanol–water partition coefficient (Wildman–Crippen LogP) is 0.123. The van der Waals surface area contributed by atoms with E-state index in [0.717, 1.165) is 6.42 Å². The first-order chi connectivity index (χ1) is 3.19. The monoisotopic (exact) mass is 101 g/mol. The summed E-state index contributed by atoms with van der Waals surface area (Å²) in [5, 5.41) is 0. The van der Waals surface area contributed by atoms with Gasteiger partial charge in [0, 0.05) is 13.2 Å². The molecule has 0 saturated heterocycles. The minimum absolute atomic E-state index is 0.0278. The largest absolute Gasteiger partial charge is 0.377 e. The lowest BCUT2D eigenvalue weighted by Gasteiger charge is -2.03. The zero-order valence-electron chi connectivity index (χ0n) is 4.77. The van der Waals surface area contributed by atoms with E-state index in [0.29, 0.717) is 0 Å². The topological polar surface area (TPSA) is 35.2 Å². The summed E-state index contributed by atoms with van der Waals surface area (Å²) in [5.74, 6) is 0. The normalized spacial score (nSPS) is 49.3. The van der Waals surface area contributed by atoms with Crippen LogP contribution in [0.25, 0.3) is 0 Å². The molecule has 1 saturated carbocycles. The Morgan fingerprint density at radius 3 is 2.29 bits per heavy atom. The molecule has 0 spiro atoms. The molecule has 0 aliphatic heterocycles. The van der Waals surface area contributed by atoms with Gasteiger partial charge < -0.3 is 10.5 Å². The summed E-state index contributed by atoms with van der Waals surface area (Å²) in [4.78, 5) is 0. The van der Waals surface area contributed by atoms with E-state index < -0.39 is 0 Å². The molecule has 0 radical (unpaired) electrons. The van der Waals surface area contributed by atoms with Crippen molar-refractivity contribution in [3.63, 3.8) is 0 Å². The summed E-state index contributed by atoms with van der Waals surface area (Å²) in [6.07, 6.45) is 1.02. The van der Waals surface area contributed by atoms with Crippen LogP contribution >= 0.6 is 0 Å². The summed E-state index contributed by atoms with van der Waals surface area (Å²) < 4.78 is 5.04. The van der Waals surface area contributed by atoms with Crippen molar-refractivity contribution in [3.8, 4) is 0 Å². The standard InChI is InChI=1S/C5H11NO/c1-5(7-2)3-4(5)6/h4H,3,6H2,1-2H3/t4-,5+/m0/s1. The summed E-state index contributed by atoms with van der Waals surface area (Å²) in [6.45, 7) is 2.03. The van der Waals surface area contributed by atoms with Crippen LogP contribution in [0.15, 0.2) is 0 Å². The lowest BCUT2D eigenvalue weighted by atomic mass is 10.4. The molecular formula is C5H11NO. The maximum absolute atomic E-state index is 5.49. The summed E-state index contributed by atoms with van der Waals surface area (Å²) in [5.41, 5.74) is 5.51. The lowest BCUT2D eigenvalue weighted by Crippen LogP contribution is -2.17. The molecule has 0 amide bonds. The highest BCUT2D eigenvalue weighted by atomic mass is 16.5. The van der Waals surface area contributed by atoms with Crippen molar-refractivity contribution in [2.45, 2.75) is 25.0 Å². The molecule has 2 N–H and O–H groups in total.